The molecule has 1 N–H and O–H groups in total. The van der Waals surface area contributed by atoms with Gasteiger partial charge in [-0.2, -0.15) is 0 Å². The number of amides is 3. The van der Waals surface area contributed by atoms with Crippen LogP contribution >= 0.6 is 11.6 Å². The predicted molar refractivity (Wildman–Crippen MR) is 112 cm³/mol. The molecule has 6 nitrogen and oxygen atoms in total. The minimum Gasteiger partial charge on any atom is -0.353 e. The molecule has 1 aliphatic heterocycles. The van der Waals surface area contributed by atoms with Crippen molar-refractivity contribution in [3.05, 3.63) is 70.2 Å². The lowest BCUT2D eigenvalue weighted by atomic mass is 10.0. The second-order valence-electron chi connectivity index (χ2n) is 6.80. The number of benzene rings is 2. The molecule has 0 aliphatic carbocycles. The lowest BCUT2D eigenvalue weighted by molar-refractivity contribution is -0.121. The number of carbonyl (C=O) groups is 3. The van der Waals surface area contributed by atoms with Gasteiger partial charge in [0.2, 0.25) is 5.91 Å². The van der Waals surface area contributed by atoms with Gasteiger partial charge in [0, 0.05) is 11.6 Å². The smallest absolute Gasteiger partial charge is 0.262 e. The van der Waals surface area contributed by atoms with Crippen LogP contribution in [0.25, 0.3) is 0 Å². The van der Waals surface area contributed by atoms with Crippen molar-refractivity contribution in [2.24, 2.45) is 0 Å². The number of hydrogen-bond acceptors (Lipinski definition) is 4. The molecule has 0 saturated heterocycles. The number of hydrogen-bond donors (Lipinski definition) is 1. The first-order valence-corrected chi connectivity index (χ1v) is 10.1. The first kappa shape index (κ1) is 21.0. The van der Waals surface area contributed by atoms with Gasteiger partial charge in [-0.05, 0) is 36.9 Å². The van der Waals surface area contributed by atoms with E-state index in [2.05, 4.69) is 10.2 Å². The van der Waals surface area contributed by atoms with Gasteiger partial charge >= 0.3 is 0 Å². The molecule has 1 atom stereocenters. The van der Waals surface area contributed by atoms with Crippen molar-refractivity contribution in [3.63, 3.8) is 0 Å². The molecule has 2 aromatic rings. The first-order chi connectivity index (χ1) is 14.0. The van der Waals surface area contributed by atoms with Crippen LogP contribution in [0.5, 0.6) is 0 Å². The van der Waals surface area contributed by atoms with Crippen molar-refractivity contribution >= 4 is 29.3 Å². The number of likely N-dealkylation sites (N-methyl/N-ethyl adjacent to an activating group) is 1. The summed E-state index contributed by atoms with van der Waals surface area (Å²) in [6.07, 6.45) is 0. The molecule has 1 heterocycles. The number of imide groups is 1. The Bertz CT molecular complexity index is 892. The largest absolute Gasteiger partial charge is 0.353 e. The van der Waals surface area contributed by atoms with Gasteiger partial charge < -0.3 is 5.32 Å². The van der Waals surface area contributed by atoms with Gasteiger partial charge in [-0.1, -0.05) is 55.8 Å². The second kappa shape index (κ2) is 9.20. The predicted octanol–water partition coefficient (Wildman–Crippen LogP) is 3.14. The summed E-state index contributed by atoms with van der Waals surface area (Å²) in [5, 5.41) is 3.50. The Hall–Kier alpha value is -2.70. The molecule has 3 rings (SSSR count). The van der Waals surface area contributed by atoms with E-state index in [1.54, 1.807) is 24.3 Å². The van der Waals surface area contributed by atoms with Crippen LogP contribution in [0, 0.1) is 0 Å². The van der Waals surface area contributed by atoms with Gasteiger partial charge in [-0.15, -0.1) is 0 Å². The van der Waals surface area contributed by atoms with Gasteiger partial charge in [-0.25, -0.2) is 0 Å². The zero-order chi connectivity index (χ0) is 21.0. The first-order valence-electron chi connectivity index (χ1n) is 9.68. The number of rotatable bonds is 8. The van der Waals surface area contributed by atoms with Crippen LogP contribution in [0.15, 0.2) is 48.5 Å². The summed E-state index contributed by atoms with van der Waals surface area (Å²) in [5.41, 5.74) is 1.60. The lowest BCUT2D eigenvalue weighted by Crippen LogP contribution is -2.43. The molecule has 0 radical (unpaired) electrons. The highest BCUT2D eigenvalue weighted by molar-refractivity contribution is 6.31. The third-order valence-corrected chi connectivity index (χ3v) is 5.53. The average Bonchev–Trinajstić information content (AvgIpc) is 2.97. The molecule has 2 aromatic carbocycles. The Morgan fingerprint density at radius 2 is 1.55 bits per heavy atom. The summed E-state index contributed by atoms with van der Waals surface area (Å²) in [6, 6.07) is 14.0. The molecule has 0 unspecified atom stereocenters. The van der Waals surface area contributed by atoms with E-state index in [1.807, 2.05) is 38.1 Å². The molecule has 0 aromatic heterocycles. The molecule has 3 amide bonds. The summed E-state index contributed by atoms with van der Waals surface area (Å²) in [6.45, 7) is 5.70. The van der Waals surface area contributed by atoms with Crippen LogP contribution in [0.1, 0.15) is 46.2 Å². The van der Waals surface area contributed by atoms with Crippen LogP contribution in [0.3, 0.4) is 0 Å². The molecular weight excluding hydrogens is 390 g/mol. The number of halogens is 1. The summed E-state index contributed by atoms with van der Waals surface area (Å²) >= 11 is 6.38. The van der Waals surface area contributed by atoms with Gasteiger partial charge in [-0.3, -0.25) is 24.2 Å². The van der Waals surface area contributed by atoms with Crippen molar-refractivity contribution in [1.29, 1.82) is 0 Å². The van der Waals surface area contributed by atoms with Crippen molar-refractivity contribution < 1.29 is 14.4 Å². The molecule has 0 fully saturated rings. The summed E-state index contributed by atoms with van der Waals surface area (Å²) in [7, 11) is 0. The highest BCUT2D eigenvalue weighted by Gasteiger charge is 2.36. The molecule has 29 heavy (non-hydrogen) atoms. The minimum atomic E-state index is -0.438. The van der Waals surface area contributed by atoms with Crippen molar-refractivity contribution in [2.75, 3.05) is 26.2 Å². The lowest BCUT2D eigenvalue weighted by Gasteiger charge is -2.31. The van der Waals surface area contributed by atoms with E-state index in [0.29, 0.717) is 22.7 Å². The number of fused-ring (bicyclic) bond motifs is 1. The summed E-state index contributed by atoms with van der Waals surface area (Å²) in [5.74, 6) is -1.26. The fraction of sp³-hybridized carbons (Fsp3) is 0.318. The van der Waals surface area contributed by atoms with E-state index in [4.69, 9.17) is 11.6 Å². The van der Waals surface area contributed by atoms with E-state index in [-0.39, 0.29) is 18.5 Å². The van der Waals surface area contributed by atoms with Gasteiger partial charge in [0.05, 0.1) is 17.2 Å². The Morgan fingerprint density at radius 1 is 1.00 bits per heavy atom. The Balaban J connectivity index is 1.69. The number of carbonyl (C=O) groups excluding carboxylic acids is 3. The molecular formula is C22H24ClN3O3. The van der Waals surface area contributed by atoms with E-state index in [9.17, 15) is 14.4 Å². The van der Waals surface area contributed by atoms with E-state index >= 15 is 0 Å². The maximum Gasteiger partial charge on any atom is 0.262 e. The number of nitrogens with zero attached hydrogens (tertiary/aromatic N) is 2. The quantitative estimate of drug-likeness (QED) is 0.675. The monoisotopic (exact) mass is 413 g/mol. The third-order valence-electron chi connectivity index (χ3n) is 5.19. The maximum absolute atomic E-state index is 12.6. The van der Waals surface area contributed by atoms with Gasteiger partial charge in [0.1, 0.15) is 6.54 Å². The highest BCUT2D eigenvalue weighted by Crippen LogP contribution is 2.27. The van der Waals surface area contributed by atoms with Gasteiger partial charge in [0.15, 0.2) is 0 Å². The summed E-state index contributed by atoms with van der Waals surface area (Å²) < 4.78 is 0. The molecule has 0 saturated carbocycles. The highest BCUT2D eigenvalue weighted by atomic mass is 35.5. The van der Waals surface area contributed by atoms with Crippen LogP contribution < -0.4 is 5.32 Å². The Labute approximate surface area is 175 Å². The van der Waals surface area contributed by atoms with E-state index < -0.39 is 11.8 Å². The topological polar surface area (TPSA) is 69.7 Å². The SMILES string of the molecule is CCN(CC)[C@H](CNC(=O)CN1C(=O)c2ccccc2C1=O)c1ccccc1Cl. The zero-order valence-corrected chi connectivity index (χ0v) is 17.3. The zero-order valence-electron chi connectivity index (χ0n) is 16.5. The van der Waals surface area contributed by atoms with Crippen molar-refractivity contribution in [2.45, 2.75) is 19.9 Å². The normalized spacial score (nSPS) is 14.3. The molecule has 1 aliphatic rings. The van der Waals surface area contributed by atoms with Crippen molar-refractivity contribution in [1.82, 2.24) is 15.1 Å². The fourth-order valence-electron chi connectivity index (χ4n) is 3.64. The van der Waals surface area contributed by atoms with Crippen LogP contribution in [0.4, 0.5) is 0 Å². The van der Waals surface area contributed by atoms with Crippen LogP contribution in [-0.4, -0.2) is 53.7 Å². The molecule has 152 valence electrons. The van der Waals surface area contributed by atoms with E-state index in [1.165, 1.54) is 0 Å². The molecule has 0 spiro atoms. The maximum atomic E-state index is 12.6. The second-order valence-corrected chi connectivity index (χ2v) is 7.21. The third kappa shape index (κ3) is 4.33. The molecule has 0 bridgehead atoms. The Morgan fingerprint density at radius 3 is 2.10 bits per heavy atom. The van der Waals surface area contributed by atoms with Crippen LogP contribution in [-0.2, 0) is 4.79 Å². The fourth-order valence-corrected chi connectivity index (χ4v) is 3.90. The summed E-state index contributed by atoms with van der Waals surface area (Å²) in [4.78, 5) is 40.6. The van der Waals surface area contributed by atoms with Crippen LogP contribution in [0.2, 0.25) is 5.02 Å². The standard InChI is InChI=1S/C22H24ClN3O3/c1-3-25(4-2)19(17-11-7-8-12-18(17)23)13-24-20(27)14-26-21(28)15-9-5-6-10-16(15)22(26)29/h5-12,19H,3-4,13-14H2,1-2H3,(H,24,27)/t19-/m1/s1. The van der Waals surface area contributed by atoms with E-state index in [0.717, 1.165) is 23.6 Å². The minimum absolute atomic E-state index is 0.107. The van der Waals surface area contributed by atoms with Gasteiger partial charge in [0.25, 0.3) is 11.8 Å². The van der Waals surface area contributed by atoms with Crippen molar-refractivity contribution in [3.8, 4) is 0 Å². The number of nitrogens with one attached hydrogen (secondary N) is 1. The molecule has 7 heteroatoms. The average molecular weight is 414 g/mol. The Kier molecular flexibility index (Phi) is 6.67.